The van der Waals surface area contributed by atoms with Gasteiger partial charge in [-0.15, -0.1) is 0 Å². The summed E-state index contributed by atoms with van der Waals surface area (Å²) in [5.74, 6) is 0.929. The first kappa shape index (κ1) is 13.0. The summed E-state index contributed by atoms with van der Waals surface area (Å²) < 4.78 is 0. The summed E-state index contributed by atoms with van der Waals surface area (Å²) >= 11 is 0. The quantitative estimate of drug-likeness (QED) is 0.759. The SMILES string of the molecule is CCCC(O)CN1CCCC(CC)CC1. The average molecular weight is 213 g/mol. The molecule has 0 aromatic heterocycles. The van der Waals surface area contributed by atoms with E-state index < -0.39 is 0 Å². The van der Waals surface area contributed by atoms with Crippen molar-refractivity contribution >= 4 is 0 Å². The van der Waals surface area contributed by atoms with Gasteiger partial charge in [0.05, 0.1) is 6.10 Å². The van der Waals surface area contributed by atoms with E-state index in [2.05, 4.69) is 18.7 Å². The predicted molar refractivity (Wildman–Crippen MR) is 65.0 cm³/mol. The maximum Gasteiger partial charge on any atom is 0.0667 e. The molecule has 2 atom stereocenters. The summed E-state index contributed by atoms with van der Waals surface area (Å²) in [6, 6.07) is 0. The Morgan fingerprint density at radius 1 is 1.27 bits per heavy atom. The molecule has 1 aliphatic rings. The van der Waals surface area contributed by atoms with E-state index in [0.717, 1.165) is 25.3 Å². The first-order valence-corrected chi connectivity index (χ1v) is 6.66. The van der Waals surface area contributed by atoms with Gasteiger partial charge in [-0.1, -0.05) is 26.7 Å². The van der Waals surface area contributed by atoms with Crippen molar-refractivity contribution in [2.75, 3.05) is 19.6 Å². The van der Waals surface area contributed by atoms with Crippen LogP contribution in [0.15, 0.2) is 0 Å². The Hall–Kier alpha value is -0.0800. The van der Waals surface area contributed by atoms with Gasteiger partial charge in [0.25, 0.3) is 0 Å². The normalized spacial score (nSPS) is 26.2. The molecule has 0 amide bonds. The molecule has 0 saturated carbocycles. The van der Waals surface area contributed by atoms with E-state index in [-0.39, 0.29) is 6.10 Å². The minimum atomic E-state index is -0.104. The first-order chi connectivity index (χ1) is 7.26. The lowest BCUT2D eigenvalue weighted by atomic mass is 9.98. The van der Waals surface area contributed by atoms with Crippen molar-refractivity contribution in [1.29, 1.82) is 0 Å². The second-order valence-electron chi connectivity index (χ2n) is 4.95. The van der Waals surface area contributed by atoms with Crippen LogP contribution in [0.2, 0.25) is 0 Å². The van der Waals surface area contributed by atoms with Crippen LogP contribution in [0, 0.1) is 5.92 Å². The molecule has 2 unspecified atom stereocenters. The van der Waals surface area contributed by atoms with E-state index in [4.69, 9.17) is 0 Å². The van der Waals surface area contributed by atoms with Gasteiger partial charge >= 0.3 is 0 Å². The standard InChI is InChI=1S/C13H27NO/c1-3-6-13(15)11-14-9-5-7-12(4-2)8-10-14/h12-13,15H,3-11H2,1-2H3. The van der Waals surface area contributed by atoms with Gasteiger partial charge < -0.3 is 10.0 Å². The minimum absolute atomic E-state index is 0.104. The van der Waals surface area contributed by atoms with Crippen molar-refractivity contribution in [2.24, 2.45) is 5.92 Å². The third-order valence-corrected chi connectivity index (χ3v) is 3.61. The third-order valence-electron chi connectivity index (χ3n) is 3.61. The predicted octanol–water partition coefficient (Wildman–Crippen LogP) is 2.66. The minimum Gasteiger partial charge on any atom is -0.392 e. The number of β-amino-alcohol motifs (C(OH)–C–C–N with tert-alkyl or cyclic N) is 1. The molecule has 0 aromatic rings. The molecule has 0 spiro atoms. The summed E-state index contributed by atoms with van der Waals surface area (Å²) in [5, 5.41) is 9.77. The molecule has 1 heterocycles. The van der Waals surface area contributed by atoms with Gasteiger partial charge in [-0.25, -0.2) is 0 Å². The van der Waals surface area contributed by atoms with Crippen LogP contribution in [0.3, 0.4) is 0 Å². The highest BCUT2D eigenvalue weighted by Crippen LogP contribution is 2.20. The highest BCUT2D eigenvalue weighted by atomic mass is 16.3. The Balaban J connectivity index is 2.24. The highest BCUT2D eigenvalue weighted by molar-refractivity contribution is 4.71. The Labute approximate surface area is 94.7 Å². The highest BCUT2D eigenvalue weighted by Gasteiger charge is 2.17. The monoisotopic (exact) mass is 213 g/mol. The van der Waals surface area contributed by atoms with Crippen LogP contribution in [-0.2, 0) is 0 Å². The van der Waals surface area contributed by atoms with Gasteiger partial charge in [0.1, 0.15) is 0 Å². The number of hydrogen-bond donors (Lipinski definition) is 1. The van der Waals surface area contributed by atoms with E-state index in [0.29, 0.717) is 0 Å². The summed E-state index contributed by atoms with van der Waals surface area (Å²) in [6.07, 6.45) is 7.29. The van der Waals surface area contributed by atoms with Crippen LogP contribution in [0.25, 0.3) is 0 Å². The van der Waals surface area contributed by atoms with E-state index in [1.807, 2.05) is 0 Å². The lowest BCUT2D eigenvalue weighted by Crippen LogP contribution is -2.33. The number of hydrogen-bond acceptors (Lipinski definition) is 2. The first-order valence-electron chi connectivity index (χ1n) is 6.66. The van der Waals surface area contributed by atoms with Crippen molar-refractivity contribution in [1.82, 2.24) is 4.90 Å². The van der Waals surface area contributed by atoms with Crippen LogP contribution in [0.1, 0.15) is 52.4 Å². The van der Waals surface area contributed by atoms with Crippen molar-refractivity contribution in [3.8, 4) is 0 Å². The molecule has 2 heteroatoms. The fourth-order valence-electron chi connectivity index (χ4n) is 2.54. The Kier molecular flexibility index (Phi) is 6.26. The number of nitrogens with zero attached hydrogens (tertiary/aromatic N) is 1. The number of rotatable bonds is 5. The van der Waals surface area contributed by atoms with Crippen molar-refractivity contribution in [3.63, 3.8) is 0 Å². The average Bonchev–Trinajstić information content (AvgIpc) is 2.43. The molecule has 1 fully saturated rings. The summed E-state index contributed by atoms with van der Waals surface area (Å²) in [4.78, 5) is 2.45. The molecular weight excluding hydrogens is 186 g/mol. The third kappa shape index (κ3) is 4.98. The van der Waals surface area contributed by atoms with Gasteiger partial charge in [-0.2, -0.15) is 0 Å². The molecule has 0 bridgehead atoms. The van der Waals surface area contributed by atoms with E-state index in [1.54, 1.807) is 0 Å². The number of aliphatic hydroxyl groups excluding tert-OH is 1. The van der Waals surface area contributed by atoms with Crippen molar-refractivity contribution in [3.05, 3.63) is 0 Å². The summed E-state index contributed by atoms with van der Waals surface area (Å²) in [7, 11) is 0. The Bertz CT molecular complexity index is 161. The maximum absolute atomic E-state index is 9.77. The number of likely N-dealkylation sites (tertiary alicyclic amines) is 1. The van der Waals surface area contributed by atoms with E-state index >= 15 is 0 Å². The van der Waals surface area contributed by atoms with Crippen LogP contribution in [-0.4, -0.2) is 35.7 Å². The molecule has 0 radical (unpaired) electrons. The zero-order valence-electron chi connectivity index (χ0n) is 10.4. The molecule has 1 aliphatic heterocycles. The van der Waals surface area contributed by atoms with E-state index in [1.165, 1.54) is 38.8 Å². The molecule has 15 heavy (non-hydrogen) atoms. The largest absolute Gasteiger partial charge is 0.392 e. The molecule has 2 nitrogen and oxygen atoms in total. The van der Waals surface area contributed by atoms with Gasteiger partial charge in [-0.05, 0) is 44.7 Å². The summed E-state index contributed by atoms with van der Waals surface area (Å²) in [5.41, 5.74) is 0. The van der Waals surface area contributed by atoms with E-state index in [9.17, 15) is 5.11 Å². The summed E-state index contributed by atoms with van der Waals surface area (Å²) in [6.45, 7) is 7.71. The van der Waals surface area contributed by atoms with Crippen LogP contribution >= 0.6 is 0 Å². The molecule has 90 valence electrons. The molecule has 1 N–H and O–H groups in total. The lowest BCUT2D eigenvalue weighted by Gasteiger charge is -2.23. The zero-order chi connectivity index (χ0) is 11.1. The fraction of sp³-hybridized carbons (Fsp3) is 1.00. The van der Waals surface area contributed by atoms with Gasteiger partial charge in [0.2, 0.25) is 0 Å². The van der Waals surface area contributed by atoms with Crippen LogP contribution in [0.5, 0.6) is 0 Å². The van der Waals surface area contributed by atoms with Gasteiger partial charge in [-0.3, -0.25) is 0 Å². The van der Waals surface area contributed by atoms with Crippen LogP contribution < -0.4 is 0 Å². The number of aliphatic hydroxyl groups is 1. The smallest absolute Gasteiger partial charge is 0.0667 e. The Morgan fingerprint density at radius 2 is 2.07 bits per heavy atom. The molecule has 0 aromatic carbocycles. The van der Waals surface area contributed by atoms with Gasteiger partial charge in [0, 0.05) is 6.54 Å². The lowest BCUT2D eigenvalue weighted by molar-refractivity contribution is 0.106. The zero-order valence-corrected chi connectivity index (χ0v) is 10.4. The van der Waals surface area contributed by atoms with Crippen molar-refractivity contribution < 1.29 is 5.11 Å². The topological polar surface area (TPSA) is 23.5 Å². The second kappa shape index (κ2) is 7.24. The van der Waals surface area contributed by atoms with Gasteiger partial charge in [0.15, 0.2) is 0 Å². The Morgan fingerprint density at radius 3 is 2.73 bits per heavy atom. The van der Waals surface area contributed by atoms with Crippen LogP contribution in [0.4, 0.5) is 0 Å². The molecule has 0 aliphatic carbocycles. The second-order valence-corrected chi connectivity index (χ2v) is 4.95. The maximum atomic E-state index is 9.77. The fourth-order valence-corrected chi connectivity index (χ4v) is 2.54. The molecular formula is C13H27NO. The van der Waals surface area contributed by atoms with Crippen molar-refractivity contribution in [2.45, 2.75) is 58.5 Å². The molecule has 1 rings (SSSR count). The molecule has 1 saturated heterocycles.